The lowest BCUT2D eigenvalue weighted by Crippen LogP contribution is -2.16. The third kappa shape index (κ3) is 2.99. The smallest absolute Gasteiger partial charge is 0.190 e. The molecule has 0 spiro atoms. The Bertz CT molecular complexity index is 583. The fourth-order valence-corrected chi connectivity index (χ4v) is 3.26. The highest BCUT2D eigenvalue weighted by molar-refractivity contribution is 7.15. The summed E-state index contributed by atoms with van der Waals surface area (Å²) in [6.07, 6.45) is 0. The molecule has 0 unspecified atom stereocenters. The van der Waals surface area contributed by atoms with Crippen LogP contribution in [-0.4, -0.2) is 16.6 Å². The van der Waals surface area contributed by atoms with E-state index in [1.54, 1.807) is 6.07 Å². The standard InChI is InChI=1S/C15H19FN2OS/c1-4-18(12-7-5-6-11(16)8-12)15-17-14(10(2)3)13(9-19)20-15/h5-8,10,19H,4,9H2,1-3H3. The van der Waals surface area contributed by atoms with E-state index in [1.807, 2.05) is 17.9 Å². The van der Waals surface area contributed by atoms with Crippen molar-refractivity contribution in [1.29, 1.82) is 0 Å². The monoisotopic (exact) mass is 294 g/mol. The molecule has 2 aromatic rings. The van der Waals surface area contributed by atoms with Gasteiger partial charge in [0.15, 0.2) is 5.13 Å². The average Bonchev–Trinajstić information content (AvgIpc) is 2.84. The van der Waals surface area contributed by atoms with E-state index in [-0.39, 0.29) is 18.3 Å². The Balaban J connectivity index is 2.42. The van der Waals surface area contributed by atoms with Gasteiger partial charge < -0.3 is 10.0 Å². The predicted octanol–water partition coefficient (Wildman–Crippen LogP) is 4.06. The predicted molar refractivity (Wildman–Crippen MR) is 81.2 cm³/mol. The van der Waals surface area contributed by atoms with Crippen molar-refractivity contribution in [3.63, 3.8) is 0 Å². The number of halogens is 1. The minimum Gasteiger partial charge on any atom is -0.391 e. The first-order valence-corrected chi connectivity index (χ1v) is 7.52. The zero-order chi connectivity index (χ0) is 14.7. The van der Waals surface area contributed by atoms with Crippen molar-refractivity contribution in [2.45, 2.75) is 33.3 Å². The van der Waals surface area contributed by atoms with Crippen LogP contribution in [0.4, 0.5) is 15.2 Å². The number of aliphatic hydroxyl groups excluding tert-OH is 1. The quantitative estimate of drug-likeness (QED) is 0.903. The molecule has 3 nitrogen and oxygen atoms in total. The summed E-state index contributed by atoms with van der Waals surface area (Å²) < 4.78 is 13.4. The van der Waals surface area contributed by atoms with Crippen LogP contribution in [0.25, 0.3) is 0 Å². The Labute approximate surface area is 122 Å². The lowest BCUT2D eigenvalue weighted by molar-refractivity contribution is 0.283. The molecule has 0 saturated heterocycles. The molecule has 0 bridgehead atoms. The normalized spacial score (nSPS) is 11.1. The number of thiazole rings is 1. The van der Waals surface area contributed by atoms with E-state index in [4.69, 9.17) is 0 Å². The Morgan fingerprint density at radius 3 is 2.65 bits per heavy atom. The molecule has 0 radical (unpaired) electrons. The molecule has 0 amide bonds. The van der Waals surface area contributed by atoms with Crippen LogP contribution in [0.3, 0.4) is 0 Å². The van der Waals surface area contributed by atoms with Gasteiger partial charge in [-0.1, -0.05) is 31.3 Å². The molecule has 0 saturated carbocycles. The van der Waals surface area contributed by atoms with E-state index < -0.39 is 0 Å². The third-order valence-corrected chi connectivity index (χ3v) is 4.15. The second-order valence-electron chi connectivity index (χ2n) is 4.84. The van der Waals surface area contributed by atoms with Gasteiger partial charge in [0, 0.05) is 12.2 Å². The summed E-state index contributed by atoms with van der Waals surface area (Å²) in [5.74, 6) is -0.00247. The van der Waals surface area contributed by atoms with E-state index in [0.29, 0.717) is 6.54 Å². The summed E-state index contributed by atoms with van der Waals surface area (Å²) in [5, 5.41) is 10.2. The number of anilines is 2. The number of hydrogen-bond donors (Lipinski definition) is 1. The molecule has 0 atom stereocenters. The van der Waals surface area contributed by atoms with Crippen LogP contribution in [0.15, 0.2) is 24.3 Å². The Morgan fingerprint density at radius 2 is 2.15 bits per heavy atom. The molecule has 0 aliphatic carbocycles. The molecule has 20 heavy (non-hydrogen) atoms. The molecule has 1 heterocycles. The van der Waals surface area contributed by atoms with Crippen molar-refractivity contribution in [1.82, 2.24) is 4.98 Å². The van der Waals surface area contributed by atoms with Gasteiger partial charge in [0.25, 0.3) is 0 Å². The molecular weight excluding hydrogens is 275 g/mol. The highest BCUT2D eigenvalue weighted by atomic mass is 32.1. The topological polar surface area (TPSA) is 36.4 Å². The van der Waals surface area contributed by atoms with Gasteiger partial charge in [0.05, 0.1) is 17.2 Å². The van der Waals surface area contributed by atoms with Gasteiger partial charge in [-0.2, -0.15) is 0 Å². The lowest BCUT2D eigenvalue weighted by atomic mass is 10.1. The number of rotatable bonds is 5. The number of benzene rings is 1. The number of hydrogen-bond acceptors (Lipinski definition) is 4. The molecule has 1 N–H and O–H groups in total. The first-order chi connectivity index (χ1) is 9.56. The maximum atomic E-state index is 13.4. The van der Waals surface area contributed by atoms with Crippen molar-refractivity contribution in [3.8, 4) is 0 Å². The molecule has 0 aliphatic rings. The number of nitrogens with zero attached hydrogens (tertiary/aromatic N) is 2. The maximum Gasteiger partial charge on any atom is 0.190 e. The highest BCUT2D eigenvalue weighted by Crippen LogP contribution is 2.34. The zero-order valence-electron chi connectivity index (χ0n) is 11.9. The lowest BCUT2D eigenvalue weighted by Gasteiger charge is -2.19. The Morgan fingerprint density at radius 1 is 1.40 bits per heavy atom. The van der Waals surface area contributed by atoms with Crippen LogP contribution in [0.5, 0.6) is 0 Å². The van der Waals surface area contributed by atoms with Crippen LogP contribution >= 0.6 is 11.3 Å². The first kappa shape index (κ1) is 14.9. The number of aliphatic hydroxyl groups is 1. The molecule has 0 aliphatic heterocycles. The van der Waals surface area contributed by atoms with E-state index >= 15 is 0 Å². The van der Waals surface area contributed by atoms with Crippen LogP contribution in [0.2, 0.25) is 0 Å². The van der Waals surface area contributed by atoms with Crippen molar-refractivity contribution >= 4 is 22.2 Å². The molecule has 108 valence electrons. The molecule has 1 aromatic carbocycles. The molecule has 2 rings (SSSR count). The van der Waals surface area contributed by atoms with Crippen LogP contribution < -0.4 is 4.90 Å². The summed E-state index contributed by atoms with van der Waals surface area (Å²) >= 11 is 1.46. The summed E-state index contributed by atoms with van der Waals surface area (Å²) in [6, 6.07) is 6.48. The van der Waals surface area contributed by atoms with Crippen molar-refractivity contribution in [2.75, 3.05) is 11.4 Å². The maximum absolute atomic E-state index is 13.4. The van der Waals surface area contributed by atoms with E-state index in [0.717, 1.165) is 21.4 Å². The third-order valence-electron chi connectivity index (χ3n) is 3.07. The zero-order valence-corrected chi connectivity index (χ0v) is 12.7. The van der Waals surface area contributed by atoms with Gasteiger partial charge in [0.1, 0.15) is 5.82 Å². The van der Waals surface area contributed by atoms with Gasteiger partial charge in [-0.05, 0) is 31.0 Å². The Kier molecular flexibility index (Phi) is 4.73. The minimum atomic E-state index is -0.260. The second-order valence-corrected chi connectivity index (χ2v) is 5.90. The molecule has 0 fully saturated rings. The molecule has 5 heteroatoms. The summed E-state index contributed by atoms with van der Waals surface area (Å²) in [7, 11) is 0. The van der Waals surface area contributed by atoms with Crippen LogP contribution in [-0.2, 0) is 6.61 Å². The van der Waals surface area contributed by atoms with Crippen molar-refractivity contribution in [2.24, 2.45) is 0 Å². The number of aromatic nitrogens is 1. The minimum absolute atomic E-state index is 0.00805. The van der Waals surface area contributed by atoms with Crippen LogP contribution in [0, 0.1) is 5.82 Å². The fourth-order valence-electron chi connectivity index (χ4n) is 2.10. The summed E-state index contributed by atoms with van der Waals surface area (Å²) in [4.78, 5) is 7.46. The highest BCUT2D eigenvalue weighted by Gasteiger charge is 2.18. The van der Waals surface area contributed by atoms with Gasteiger partial charge >= 0.3 is 0 Å². The van der Waals surface area contributed by atoms with E-state index in [9.17, 15) is 9.50 Å². The van der Waals surface area contributed by atoms with Gasteiger partial charge in [-0.25, -0.2) is 9.37 Å². The van der Waals surface area contributed by atoms with Crippen LogP contribution in [0.1, 0.15) is 37.3 Å². The Hall–Kier alpha value is -1.46. The van der Waals surface area contributed by atoms with E-state index in [1.165, 1.54) is 23.5 Å². The second kappa shape index (κ2) is 6.33. The van der Waals surface area contributed by atoms with Gasteiger partial charge in [0.2, 0.25) is 0 Å². The summed E-state index contributed by atoms with van der Waals surface area (Å²) in [6.45, 7) is 6.79. The van der Waals surface area contributed by atoms with Crippen molar-refractivity contribution < 1.29 is 9.50 Å². The summed E-state index contributed by atoms with van der Waals surface area (Å²) in [5.41, 5.74) is 1.70. The largest absolute Gasteiger partial charge is 0.391 e. The van der Waals surface area contributed by atoms with E-state index in [2.05, 4.69) is 18.8 Å². The first-order valence-electron chi connectivity index (χ1n) is 6.70. The average molecular weight is 294 g/mol. The van der Waals surface area contributed by atoms with Crippen molar-refractivity contribution in [3.05, 3.63) is 40.7 Å². The van der Waals surface area contributed by atoms with Gasteiger partial charge in [-0.3, -0.25) is 0 Å². The molecular formula is C15H19FN2OS. The fraction of sp³-hybridized carbons (Fsp3) is 0.400. The SMILES string of the molecule is CCN(c1cccc(F)c1)c1nc(C(C)C)c(CO)s1. The van der Waals surface area contributed by atoms with Gasteiger partial charge in [-0.15, -0.1) is 0 Å². The molecule has 1 aromatic heterocycles.